The monoisotopic (exact) mass is 265 g/mol. The number of ether oxygens (including phenoxy) is 1. The molecular weight excluding hydrogens is 245 g/mol. The van der Waals surface area contributed by atoms with Gasteiger partial charge in [-0.2, -0.15) is 0 Å². The van der Waals surface area contributed by atoms with E-state index in [1.54, 1.807) is 13.0 Å². The summed E-state index contributed by atoms with van der Waals surface area (Å²) in [6, 6.07) is 4.50. The summed E-state index contributed by atoms with van der Waals surface area (Å²) < 4.78 is 18.5. The van der Waals surface area contributed by atoms with Gasteiger partial charge in [0.05, 0.1) is 6.61 Å². The molecule has 0 saturated carbocycles. The molecule has 1 aliphatic rings. The topological polar surface area (TPSA) is 29.5 Å². The minimum Gasteiger partial charge on any atom is -0.464 e. The Balaban J connectivity index is 2.25. The molecule has 1 aromatic carbocycles. The Labute approximate surface area is 113 Å². The lowest BCUT2D eigenvalue weighted by atomic mass is 10.1. The Hall–Kier alpha value is -1.58. The van der Waals surface area contributed by atoms with E-state index in [4.69, 9.17) is 4.74 Å². The highest BCUT2D eigenvalue weighted by molar-refractivity contribution is 5.81. The minimum absolute atomic E-state index is 0.207. The van der Waals surface area contributed by atoms with E-state index in [-0.39, 0.29) is 17.8 Å². The van der Waals surface area contributed by atoms with Gasteiger partial charge in [-0.15, -0.1) is 0 Å². The molecule has 0 saturated heterocycles. The largest absolute Gasteiger partial charge is 0.464 e. The van der Waals surface area contributed by atoms with E-state index in [2.05, 4.69) is 0 Å². The van der Waals surface area contributed by atoms with E-state index >= 15 is 0 Å². The highest BCUT2D eigenvalue weighted by Gasteiger charge is 2.31. The third kappa shape index (κ3) is 2.88. The van der Waals surface area contributed by atoms with Crippen molar-refractivity contribution < 1.29 is 13.9 Å². The fourth-order valence-electron chi connectivity index (χ4n) is 2.61. The third-order valence-electron chi connectivity index (χ3n) is 3.48. The van der Waals surface area contributed by atoms with Gasteiger partial charge in [-0.25, -0.2) is 9.18 Å². The maximum Gasteiger partial charge on any atom is 0.328 e. The first-order chi connectivity index (χ1) is 9.17. The van der Waals surface area contributed by atoms with E-state index in [1.807, 2.05) is 11.8 Å². The Morgan fingerprint density at radius 1 is 1.47 bits per heavy atom. The second kappa shape index (κ2) is 6.04. The molecule has 19 heavy (non-hydrogen) atoms. The third-order valence-corrected chi connectivity index (χ3v) is 3.48. The fraction of sp³-hybridized carbons (Fsp3) is 0.533. The molecule has 0 fully saturated rings. The lowest BCUT2D eigenvalue weighted by Gasteiger charge is -2.28. The summed E-state index contributed by atoms with van der Waals surface area (Å²) in [4.78, 5) is 14.0. The highest BCUT2D eigenvalue weighted by Crippen LogP contribution is 2.31. The second-order valence-corrected chi connectivity index (χ2v) is 4.77. The van der Waals surface area contributed by atoms with E-state index < -0.39 is 0 Å². The van der Waals surface area contributed by atoms with Crippen molar-refractivity contribution in [3.8, 4) is 0 Å². The lowest BCUT2D eigenvalue weighted by Crippen LogP contribution is -2.41. The van der Waals surface area contributed by atoms with Crippen LogP contribution in [0.4, 0.5) is 10.1 Å². The van der Waals surface area contributed by atoms with E-state index in [0.717, 1.165) is 37.1 Å². The number of halogens is 1. The second-order valence-electron chi connectivity index (χ2n) is 4.77. The van der Waals surface area contributed by atoms with Gasteiger partial charge in [-0.1, -0.05) is 19.4 Å². The number of rotatable bonds is 5. The van der Waals surface area contributed by atoms with Gasteiger partial charge in [0.1, 0.15) is 11.9 Å². The molecule has 2 rings (SSSR count). The number of nitrogens with zero attached hydrogens (tertiary/aromatic N) is 1. The van der Waals surface area contributed by atoms with Crippen LogP contribution in [-0.4, -0.2) is 25.2 Å². The quantitative estimate of drug-likeness (QED) is 0.767. The van der Waals surface area contributed by atoms with Crippen molar-refractivity contribution in [3.05, 3.63) is 29.6 Å². The summed E-state index contributed by atoms with van der Waals surface area (Å²) >= 11 is 0. The summed E-state index contributed by atoms with van der Waals surface area (Å²) in [5.74, 6) is -0.466. The van der Waals surface area contributed by atoms with Gasteiger partial charge in [0.2, 0.25) is 0 Å². The first kappa shape index (κ1) is 13.8. The van der Waals surface area contributed by atoms with Crippen molar-refractivity contribution in [2.45, 2.75) is 39.2 Å². The number of anilines is 1. The van der Waals surface area contributed by atoms with Crippen LogP contribution in [0.25, 0.3) is 0 Å². The molecule has 1 unspecified atom stereocenters. The number of carbonyl (C=O) groups excluding carboxylic acids is 1. The molecule has 0 spiro atoms. The molecule has 0 aromatic heterocycles. The Morgan fingerprint density at radius 3 is 2.95 bits per heavy atom. The lowest BCUT2D eigenvalue weighted by molar-refractivity contribution is -0.144. The summed E-state index contributed by atoms with van der Waals surface area (Å²) in [6.07, 6.45) is 2.48. The van der Waals surface area contributed by atoms with Crippen LogP contribution in [0.5, 0.6) is 0 Å². The van der Waals surface area contributed by atoms with Crippen LogP contribution in [-0.2, 0) is 16.0 Å². The highest BCUT2D eigenvalue weighted by atomic mass is 19.1. The van der Waals surface area contributed by atoms with Gasteiger partial charge in [0.15, 0.2) is 0 Å². The standard InChI is InChI=1S/C15H20FNO2/c1-3-5-13(15(18)19-4-2)17-9-8-11-6-7-12(16)10-14(11)17/h6-7,10,13H,3-5,8-9H2,1-2H3. The summed E-state index contributed by atoms with van der Waals surface area (Å²) in [7, 11) is 0. The van der Waals surface area contributed by atoms with Crippen molar-refractivity contribution in [1.29, 1.82) is 0 Å². The number of carbonyl (C=O) groups is 1. The Kier molecular flexibility index (Phi) is 4.40. The zero-order valence-corrected chi connectivity index (χ0v) is 11.5. The van der Waals surface area contributed by atoms with Gasteiger partial charge in [-0.05, 0) is 37.5 Å². The van der Waals surface area contributed by atoms with Crippen molar-refractivity contribution in [3.63, 3.8) is 0 Å². The summed E-state index contributed by atoms with van der Waals surface area (Å²) in [5, 5.41) is 0. The molecule has 1 heterocycles. The molecule has 1 aliphatic heterocycles. The Morgan fingerprint density at radius 2 is 2.26 bits per heavy atom. The molecule has 0 amide bonds. The molecule has 3 nitrogen and oxygen atoms in total. The molecule has 1 atom stereocenters. The molecule has 0 radical (unpaired) electrons. The average Bonchev–Trinajstić information content (AvgIpc) is 2.79. The van der Waals surface area contributed by atoms with Gasteiger partial charge in [-0.3, -0.25) is 0 Å². The van der Waals surface area contributed by atoms with Crippen LogP contribution in [0.3, 0.4) is 0 Å². The first-order valence-electron chi connectivity index (χ1n) is 6.89. The van der Waals surface area contributed by atoms with E-state index in [1.165, 1.54) is 12.1 Å². The molecule has 0 N–H and O–H groups in total. The maximum atomic E-state index is 13.4. The van der Waals surface area contributed by atoms with Crippen molar-refractivity contribution >= 4 is 11.7 Å². The summed E-state index contributed by atoms with van der Waals surface area (Å²) in [5.41, 5.74) is 1.94. The van der Waals surface area contributed by atoms with E-state index in [9.17, 15) is 9.18 Å². The average molecular weight is 265 g/mol. The maximum absolute atomic E-state index is 13.4. The molecule has 0 aliphatic carbocycles. The molecular formula is C15H20FNO2. The molecule has 4 heteroatoms. The number of benzene rings is 1. The zero-order valence-electron chi connectivity index (χ0n) is 11.5. The Bertz CT molecular complexity index is 461. The molecule has 0 bridgehead atoms. The predicted octanol–water partition coefficient (Wildman–Crippen LogP) is 2.92. The van der Waals surface area contributed by atoms with Crippen LogP contribution in [0.15, 0.2) is 18.2 Å². The first-order valence-corrected chi connectivity index (χ1v) is 6.89. The smallest absolute Gasteiger partial charge is 0.328 e. The number of fused-ring (bicyclic) bond motifs is 1. The number of esters is 1. The van der Waals surface area contributed by atoms with Gasteiger partial charge in [0, 0.05) is 12.2 Å². The van der Waals surface area contributed by atoms with Crippen LogP contribution in [0, 0.1) is 5.82 Å². The van der Waals surface area contributed by atoms with E-state index in [0.29, 0.717) is 6.61 Å². The number of hydrogen-bond acceptors (Lipinski definition) is 3. The summed E-state index contributed by atoms with van der Waals surface area (Å²) in [6.45, 7) is 4.97. The van der Waals surface area contributed by atoms with Crippen LogP contribution >= 0.6 is 0 Å². The SMILES string of the molecule is CCCC(C(=O)OCC)N1CCc2ccc(F)cc21. The molecule has 104 valence electrons. The van der Waals surface area contributed by atoms with Gasteiger partial charge >= 0.3 is 5.97 Å². The minimum atomic E-state index is -0.298. The van der Waals surface area contributed by atoms with Crippen molar-refractivity contribution in [2.75, 3.05) is 18.1 Å². The van der Waals surface area contributed by atoms with Gasteiger partial charge < -0.3 is 9.64 Å². The normalized spacial score (nSPS) is 15.2. The van der Waals surface area contributed by atoms with Crippen LogP contribution in [0.2, 0.25) is 0 Å². The number of hydrogen-bond donors (Lipinski definition) is 0. The fourth-order valence-corrected chi connectivity index (χ4v) is 2.61. The van der Waals surface area contributed by atoms with Crippen molar-refractivity contribution in [1.82, 2.24) is 0 Å². The molecule has 1 aromatic rings. The van der Waals surface area contributed by atoms with Crippen LogP contribution in [0.1, 0.15) is 32.3 Å². The van der Waals surface area contributed by atoms with Crippen molar-refractivity contribution in [2.24, 2.45) is 0 Å². The van der Waals surface area contributed by atoms with Crippen LogP contribution < -0.4 is 4.90 Å². The van der Waals surface area contributed by atoms with Gasteiger partial charge in [0.25, 0.3) is 0 Å². The zero-order chi connectivity index (χ0) is 13.8. The predicted molar refractivity (Wildman–Crippen MR) is 72.8 cm³/mol.